The molecule has 0 unspecified atom stereocenters. The molecule has 3 rings (SSSR count). The molecule has 0 spiro atoms. The fraction of sp³-hybridized carbons (Fsp3) is 0.150. The van der Waals surface area contributed by atoms with E-state index in [1.165, 1.54) is 0 Å². The van der Waals surface area contributed by atoms with Crippen LogP contribution in [0.4, 0.5) is 5.69 Å². The number of aryl methyl sites for hydroxylation is 1. The van der Waals surface area contributed by atoms with Gasteiger partial charge in [0.1, 0.15) is 0 Å². The Bertz CT molecular complexity index is 925. The van der Waals surface area contributed by atoms with E-state index in [1.807, 2.05) is 22.8 Å². The number of aromatic nitrogens is 2. The van der Waals surface area contributed by atoms with Crippen molar-refractivity contribution in [3.8, 4) is 0 Å². The highest BCUT2D eigenvalue weighted by Crippen LogP contribution is 2.15. The first kappa shape index (κ1) is 18.7. The van der Waals surface area contributed by atoms with E-state index in [4.69, 9.17) is 11.6 Å². The van der Waals surface area contributed by atoms with Crippen molar-refractivity contribution >= 4 is 29.1 Å². The van der Waals surface area contributed by atoms with Gasteiger partial charge in [0.15, 0.2) is 0 Å². The number of anilines is 1. The summed E-state index contributed by atoms with van der Waals surface area (Å²) in [5, 5.41) is 6.25. The maximum absolute atomic E-state index is 12.4. The van der Waals surface area contributed by atoms with Crippen molar-refractivity contribution in [3.05, 3.63) is 83.4 Å². The van der Waals surface area contributed by atoms with Gasteiger partial charge >= 0.3 is 0 Å². The van der Waals surface area contributed by atoms with E-state index in [9.17, 15) is 9.59 Å². The molecule has 1 heterocycles. The molecule has 138 valence electrons. The molecule has 2 N–H and O–H groups in total. The Hall–Kier alpha value is -3.12. The molecular weight excluding hydrogens is 364 g/mol. The van der Waals surface area contributed by atoms with Crippen LogP contribution in [0, 0.1) is 0 Å². The summed E-state index contributed by atoms with van der Waals surface area (Å²) in [6, 6.07) is 14.2. The van der Waals surface area contributed by atoms with Crippen molar-refractivity contribution in [2.45, 2.75) is 19.5 Å². The molecule has 0 saturated carbocycles. The number of hydrogen-bond acceptors (Lipinski definition) is 3. The number of imidazole rings is 1. The summed E-state index contributed by atoms with van der Waals surface area (Å²) in [6.45, 7) is 0.879. The number of carbonyl (C=O) groups is 2. The number of carbonyl (C=O) groups excluding carboxylic acids is 2. The summed E-state index contributed by atoms with van der Waals surface area (Å²) in [5.41, 5.74) is 1.89. The molecule has 0 fully saturated rings. The highest BCUT2D eigenvalue weighted by molar-refractivity contribution is 6.31. The first-order valence-corrected chi connectivity index (χ1v) is 8.87. The third-order valence-electron chi connectivity index (χ3n) is 3.96. The largest absolute Gasteiger partial charge is 0.348 e. The number of amides is 2. The standard InChI is InChI=1S/C20H19ClN4O2/c21-18-7-2-1-4-16(18)13-23-20(27)15-5-3-6-17(12-15)24-19(26)8-10-25-11-9-22-14-25/h1-7,9,11-12,14H,8,10,13H2,(H,23,27)(H,24,26). The van der Waals surface area contributed by atoms with Crippen molar-refractivity contribution in [2.24, 2.45) is 0 Å². The van der Waals surface area contributed by atoms with Gasteiger partial charge in [0, 0.05) is 48.2 Å². The Balaban J connectivity index is 1.55. The summed E-state index contributed by atoms with van der Waals surface area (Å²) < 4.78 is 1.83. The summed E-state index contributed by atoms with van der Waals surface area (Å²) in [6.07, 6.45) is 5.45. The van der Waals surface area contributed by atoms with Crippen LogP contribution in [0.5, 0.6) is 0 Å². The van der Waals surface area contributed by atoms with Gasteiger partial charge in [0.25, 0.3) is 5.91 Å². The maximum atomic E-state index is 12.4. The number of benzene rings is 2. The fourth-order valence-corrected chi connectivity index (χ4v) is 2.73. The zero-order chi connectivity index (χ0) is 19.1. The van der Waals surface area contributed by atoms with Crippen LogP contribution in [0.1, 0.15) is 22.3 Å². The van der Waals surface area contributed by atoms with Gasteiger partial charge in [-0.1, -0.05) is 35.9 Å². The minimum Gasteiger partial charge on any atom is -0.348 e. The van der Waals surface area contributed by atoms with Crippen molar-refractivity contribution < 1.29 is 9.59 Å². The third kappa shape index (κ3) is 5.43. The lowest BCUT2D eigenvalue weighted by molar-refractivity contribution is -0.116. The molecule has 0 saturated heterocycles. The normalized spacial score (nSPS) is 10.4. The lowest BCUT2D eigenvalue weighted by Gasteiger charge is -2.09. The van der Waals surface area contributed by atoms with E-state index >= 15 is 0 Å². The second-order valence-electron chi connectivity index (χ2n) is 5.95. The van der Waals surface area contributed by atoms with Crippen LogP contribution in [0.15, 0.2) is 67.3 Å². The number of hydrogen-bond donors (Lipinski definition) is 2. The van der Waals surface area contributed by atoms with E-state index < -0.39 is 0 Å². The SMILES string of the molecule is O=C(CCn1ccnc1)Nc1cccc(C(=O)NCc2ccccc2Cl)c1. The van der Waals surface area contributed by atoms with Crippen LogP contribution in [0.25, 0.3) is 0 Å². The molecule has 0 atom stereocenters. The van der Waals surface area contributed by atoms with Crippen LogP contribution in [-0.4, -0.2) is 21.4 Å². The second kappa shape index (κ2) is 9.00. The summed E-state index contributed by atoms with van der Waals surface area (Å²) >= 11 is 6.10. The minimum absolute atomic E-state index is 0.127. The van der Waals surface area contributed by atoms with E-state index in [-0.39, 0.29) is 11.8 Å². The quantitative estimate of drug-likeness (QED) is 0.656. The first-order chi connectivity index (χ1) is 13.1. The van der Waals surface area contributed by atoms with Crippen molar-refractivity contribution in [1.82, 2.24) is 14.9 Å². The molecule has 2 amide bonds. The van der Waals surface area contributed by atoms with Gasteiger partial charge in [0.2, 0.25) is 5.91 Å². The maximum Gasteiger partial charge on any atom is 0.251 e. The smallest absolute Gasteiger partial charge is 0.251 e. The van der Waals surface area contributed by atoms with E-state index in [0.717, 1.165) is 5.56 Å². The Morgan fingerprint density at radius 1 is 1.11 bits per heavy atom. The number of rotatable bonds is 7. The van der Waals surface area contributed by atoms with Gasteiger partial charge in [-0.3, -0.25) is 9.59 Å². The Kier molecular flexibility index (Phi) is 6.22. The van der Waals surface area contributed by atoms with E-state index in [0.29, 0.717) is 35.8 Å². The molecular formula is C20H19ClN4O2. The number of nitrogens with one attached hydrogen (secondary N) is 2. The van der Waals surface area contributed by atoms with Gasteiger partial charge in [-0.05, 0) is 29.8 Å². The summed E-state index contributed by atoms with van der Waals surface area (Å²) in [5.74, 6) is -0.359. The van der Waals surface area contributed by atoms with Gasteiger partial charge in [-0.15, -0.1) is 0 Å². The molecule has 0 bridgehead atoms. The van der Waals surface area contributed by atoms with Gasteiger partial charge in [0.05, 0.1) is 6.33 Å². The van der Waals surface area contributed by atoms with Gasteiger partial charge in [-0.25, -0.2) is 4.98 Å². The molecule has 3 aromatic rings. The first-order valence-electron chi connectivity index (χ1n) is 8.49. The fourth-order valence-electron chi connectivity index (χ4n) is 2.53. The van der Waals surface area contributed by atoms with Crippen LogP contribution in [-0.2, 0) is 17.9 Å². The van der Waals surface area contributed by atoms with Gasteiger partial charge in [-0.2, -0.15) is 0 Å². The number of halogens is 1. The lowest BCUT2D eigenvalue weighted by Crippen LogP contribution is -2.23. The lowest BCUT2D eigenvalue weighted by atomic mass is 10.1. The topological polar surface area (TPSA) is 76.0 Å². The Labute approximate surface area is 162 Å². The molecule has 6 nitrogen and oxygen atoms in total. The van der Waals surface area contributed by atoms with Crippen LogP contribution < -0.4 is 10.6 Å². The van der Waals surface area contributed by atoms with Crippen LogP contribution >= 0.6 is 11.6 Å². The van der Waals surface area contributed by atoms with Crippen LogP contribution in [0.2, 0.25) is 5.02 Å². The van der Waals surface area contributed by atoms with E-state index in [2.05, 4.69) is 15.6 Å². The monoisotopic (exact) mass is 382 g/mol. The highest BCUT2D eigenvalue weighted by atomic mass is 35.5. The molecule has 1 aromatic heterocycles. The molecule has 2 aromatic carbocycles. The molecule has 0 radical (unpaired) electrons. The zero-order valence-corrected chi connectivity index (χ0v) is 15.3. The Morgan fingerprint density at radius 3 is 2.74 bits per heavy atom. The molecule has 0 aliphatic rings. The molecule has 27 heavy (non-hydrogen) atoms. The third-order valence-corrected chi connectivity index (χ3v) is 4.33. The zero-order valence-electron chi connectivity index (χ0n) is 14.6. The van der Waals surface area contributed by atoms with Gasteiger partial charge < -0.3 is 15.2 Å². The highest BCUT2D eigenvalue weighted by Gasteiger charge is 2.09. The average molecular weight is 383 g/mol. The molecule has 0 aliphatic carbocycles. The van der Waals surface area contributed by atoms with Crippen LogP contribution in [0.3, 0.4) is 0 Å². The van der Waals surface area contributed by atoms with Crippen molar-refractivity contribution in [1.29, 1.82) is 0 Å². The summed E-state index contributed by atoms with van der Waals surface area (Å²) in [4.78, 5) is 28.4. The van der Waals surface area contributed by atoms with Crippen molar-refractivity contribution in [2.75, 3.05) is 5.32 Å². The minimum atomic E-state index is -0.232. The predicted molar refractivity (Wildman–Crippen MR) is 105 cm³/mol. The Morgan fingerprint density at radius 2 is 1.96 bits per heavy atom. The second-order valence-corrected chi connectivity index (χ2v) is 6.36. The molecule has 0 aliphatic heterocycles. The summed E-state index contributed by atoms with van der Waals surface area (Å²) in [7, 11) is 0. The number of nitrogens with zero attached hydrogens (tertiary/aromatic N) is 2. The average Bonchev–Trinajstić information content (AvgIpc) is 3.19. The van der Waals surface area contributed by atoms with E-state index in [1.54, 1.807) is 49.1 Å². The predicted octanol–water partition coefficient (Wildman–Crippen LogP) is 3.50. The molecule has 7 heteroatoms. The van der Waals surface area contributed by atoms with Crippen molar-refractivity contribution in [3.63, 3.8) is 0 Å².